The summed E-state index contributed by atoms with van der Waals surface area (Å²) in [5.41, 5.74) is 3.71. The maximum Gasteiger partial charge on any atom is 0.331 e. The van der Waals surface area contributed by atoms with E-state index in [4.69, 9.17) is 4.74 Å². The van der Waals surface area contributed by atoms with Crippen LogP contribution in [0.5, 0.6) is 0 Å². The normalized spacial score (nSPS) is 19.5. The van der Waals surface area contributed by atoms with Crippen molar-refractivity contribution in [2.24, 2.45) is 10.8 Å². The number of rotatable bonds is 8. The molecule has 0 saturated carbocycles. The highest BCUT2D eigenvalue weighted by Gasteiger charge is 2.30. The zero-order valence-electron chi connectivity index (χ0n) is 19.8. The van der Waals surface area contributed by atoms with Crippen LogP contribution in [0.2, 0.25) is 0 Å². The number of carboxylic acids is 1. The maximum atomic E-state index is 12.0. The first-order chi connectivity index (χ1) is 13.8. The smallest absolute Gasteiger partial charge is 0.331 e. The Kier molecular flexibility index (Phi) is 9.08. The van der Waals surface area contributed by atoms with Crippen molar-refractivity contribution in [1.82, 2.24) is 0 Å². The van der Waals surface area contributed by atoms with Gasteiger partial charge in [-0.15, -0.1) is 0 Å². The molecule has 0 fully saturated rings. The number of aliphatic carboxylic acids is 1. The number of hydrogen-bond acceptors (Lipinski definition) is 4. The Balaban J connectivity index is 2.74. The predicted molar refractivity (Wildman–Crippen MR) is 120 cm³/mol. The van der Waals surface area contributed by atoms with E-state index in [-0.39, 0.29) is 5.41 Å². The third-order valence-electron chi connectivity index (χ3n) is 5.95. The number of hydrogen-bond donors (Lipinski definition) is 0. The molecule has 1 unspecified atom stereocenters. The summed E-state index contributed by atoms with van der Waals surface area (Å²) in [6.45, 7) is 15.2. The molecule has 0 spiro atoms. The first-order valence-corrected chi connectivity index (χ1v) is 10.6. The minimum atomic E-state index is -1.25. The van der Waals surface area contributed by atoms with Crippen LogP contribution >= 0.6 is 0 Å². The summed E-state index contributed by atoms with van der Waals surface area (Å²) in [6, 6.07) is 0. The van der Waals surface area contributed by atoms with Gasteiger partial charge >= 0.3 is 5.97 Å². The van der Waals surface area contributed by atoms with E-state index < -0.39 is 23.5 Å². The molecule has 0 bridgehead atoms. The van der Waals surface area contributed by atoms with Crippen LogP contribution in [0.25, 0.3) is 0 Å². The van der Waals surface area contributed by atoms with Crippen molar-refractivity contribution in [3.05, 3.63) is 58.7 Å². The van der Waals surface area contributed by atoms with Crippen LogP contribution in [0, 0.1) is 10.8 Å². The largest absolute Gasteiger partial charge is 0.549 e. The lowest BCUT2D eigenvalue weighted by molar-refractivity contribution is -0.321. The molecule has 0 aromatic rings. The highest BCUT2D eigenvalue weighted by molar-refractivity contribution is 5.84. The second-order valence-electron chi connectivity index (χ2n) is 9.51. The van der Waals surface area contributed by atoms with Gasteiger partial charge in [0.05, 0.1) is 5.97 Å². The van der Waals surface area contributed by atoms with Gasteiger partial charge in [-0.1, -0.05) is 69.2 Å². The van der Waals surface area contributed by atoms with Crippen molar-refractivity contribution in [3.8, 4) is 0 Å². The van der Waals surface area contributed by atoms with Gasteiger partial charge in [-0.05, 0) is 63.5 Å². The fourth-order valence-corrected chi connectivity index (χ4v) is 3.39. The van der Waals surface area contributed by atoms with Crippen LogP contribution in [0.3, 0.4) is 0 Å². The Hall–Kier alpha value is -2.36. The molecule has 0 aliphatic heterocycles. The SMILES string of the molecule is CC1=C(/C=C/C(C)=C/C=C/C(C)=C/C(=O)OC(C)C(C)(C)C(=O)[O-])C(C)(C)CCC1. The van der Waals surface area contributed by atoms with E-state index in [1.54, 1.807) is 13.8 Å². The fraction of sp³-hybridized carbons (Fsp3) is 0.538. The van der Waals surface area contributed by atoms with E-state index in [1.165, 1.54) is 50.3 Å². The second-order valence-corrected chi connectivity index (χ2v) is 9.51. The molecule has 0 aromatic heterocycles. The average Bonchev–Trinajstić information content (AvgIpc) is 2.60. The van der Waals surface area contributed by atoms with E-state index in [9.17, 15) is 14.7 Å². The third kappa shape index (κ3) is 7.47. The van der Waals surface area contributed by atoms with Gasteiger partial charge in [0, 0.05) is 11.5 Å². The van der Waals surface area contributed by atoms with E-state index in [0.29, 0.717) is 0 Å². The summed E-state index contributed by atoms with van der Waals surface area (Å²) < 4.78 is 5.21. The first kappa shape index (κ1) is 25.7. The van der Waals surface area contributed by atoms with Gasteiger partial charge in [0.2, 0.25) is 0 Å². The number of ether oxygens (including phenoxy) is 1. The molecule has 4 heteroatoms. The molecule has 30 heavy (non-hydrogen) atoms. The van der Waals surface area contributed by atoms with Crippen molar-refractivity contribution in [2.75, 3.05) is 0 Å². The first-order valence-electron chi connectivity index (χ1n) is 10.6. The highest BCUT2D eigenvalue weighted by atomic mass is 16.5. The topological polar surface area (TPSA) is 66.4 Å². The van der Waals surface area contributed by atoms with Gasteiger partial charge in [0.25, 0.3) is 0 Å². The lowest BCUT2D eigenvalue weighted by Crippen LogP contribution is -2.46. The Morgan fingerprint density at radius 3 is 2.37 bits per heavy atom. The van der Waals surface area contributed by atoms with Crippen LogP contribution in [-0.4, -0.2) is 18.0 Å². The lowest BCUT2D eigenvalue weighted by Gasteiger charge is -2.32. The Labute approximate surface area is 182 Å². The molecule has 4 nitrogen and oxygen atoms in total. The summed E-state index contributed by atoms with van der Waals surface area (Å²) in [5.74, 6) is -1.82. The van der Waals surface area contributed by atoms with Crippen LogP contribution in [0.15, 0.2) is 58.7 Å². The van der Waals surface area contributed by atoms with Gasteiger partial charge in [0.1, 0.15) is 6.10 Å². The van der Waals surface area contributed by atoms with Crippen LogP contribution in [0.4, 0.5) is 0 Å². The third-order valence-corrected chi connectivity index (χ3v) is 5.95. The summed E-state index contributed by atoms with van der Waals surface area (Å²) in [7, 11) is 0. The molecule has 1 atom stereocenters. The molecule has 1 aliphatic carbocycles. The minimum absolute atomic E-state index is 0.219. The summed E-state index contributed by atoms with van der Waals surface area (Å²) in [6.07, 6.45) is 14.3. The number of carboxylic acid groups (broad SMARTS) is 1. The number of esters is 1. The number of carbonyl (C=O) groups excluding carboxylic acids is 2. The second kappa shape index (κ2) is 10.6. The molecule has 0 N–H and O–H groups in total. The van der Waals surface area contributed by atoms with Crippen molar-refractivity contribution >= 4 is 11.9 Å². The predicted octanol–water partition coefficient (Wildman–Crippen LogP) is 5.23. The number of carbonyl (C=O) groups is 2. The average molecular weight is 414 g/mol. The van der Waals surface area contributed by atoms with Crippen LogP contribution in [0.1, 0.15) is 74.7 Å². The highest BCUT2D eigenvalue weighted by Crippen LogP contribution is 2.40. The van der Waals surface area contributed by atoms with Crippen molar-refractivity contribution < 1.29 is 19.4 Å². The quantitative estimate of drug-likeness (QED) is 0.311. The molecule has 1 aliphatic rings. The van der Waals surface area contributed by atoms with Crippen LogP contribution in [-0.2, 0) is 14.3 Å². The molecule has 0 heterocycles. The fourth-order valence-electron chi connectivity index (χ4n) is 3.39. The van der Waals surface area contributed by atoms with Gasteiger partial charge in [-0.3, -0.25) is 0 Å². The van der Waals surface area contributed by atoms with Crippen molar-refractivity contribution in [2.45, 2.75) is 80.8 Å². The van der Waals surface area contributed by atoms with Gasteiger partial charge < -0.3 is 14.6 Å². The molecule has 166 valence electrons. The van der Waals surface area contributed by atoms with Gasteiger partial charge in [-0.25, -0.2) is 4.79 Å². The molecular formula is C26H37O4-. The zero-order chi connectivity index (χ0) is 23.1. The standard InChI is InChI=1S/C26H38O4/c1-18(14-15-22-20(3)13-10-16-25(22,5)6)11-9-12-19(2)17-23(27)30-21(4)26(7,8)24(28)29/h9,11-12,14-15,17,21H,10,13,16H2,1-8H3,(H,28,29)/p-1/b12-9+,15-14+,18-11+,19-17+. The molecule has 1 rings (SSSR count). The van der Waals surface area contributed by atoms with E-state index in [1.807, 2.05) is 25.2 Å². The molecule has 0 saturated heterocycles. The molecule has 0 aromatic carbocycles. The summed E-state index contributed by atoms with van der Waals surface area (Å²) >= 11 is 0. The lowest BCUT2D eigenvalue weighted by atomic mass is 9.72. The van der Waals surface area contributed by atoms with Crippen molar-refractivity contribution in [3.63, 3.8) is 0 Å². The summed E-state index contributed by atoms with van der Waals surface area (Å²) in [4.78, 5) is 23.2. The molecule has 0 radical (unpaired) electrons. The Morgan fingerprint density at radius 2 is 1.80 bits per heavy atom. The zero-order valence-corrected chi connectivity index (χ0v) is 19.8. The Bertz CT molecular complexity index is 801. The number of allylic oxidation sites excluding steroid dienone is 9. The van der Waals surface area contributed by atoms with E-state index in [2.05, 4.69) is 32.9 Å². The van der Waals surface area contributed by atoms with Crippen molar-refractivity contribution in [1.29, 1.82) is 0 Å². The minimum Gasteiger partial charge on any atom is -0.549 e. The molecule has 0 amide bonds. The summed E-state index contributed by atoms with van der Waals surface area (Å²) in [5, 5.41) is 11.1. The van der Waals surface area contributed by atoms with Gasteiger partial charge in [-0.2, -0.15) is 0 Å². The van der Waals surface area contributed by atoms with E-state index in [0.717, 1.165) is 11.1 Å². The van der Waals surface area contributed by atoms with Crippen LogP contribution < -0.4 is 5.11 Å². The Morgan fingerprint density at radius 1 is 1.17 bits per heavy atom. The van der Waals surface area contributed by atoms with E-state index >= 15 is 0 Å². The monoisotopic (exact) mass is 413 g/mol. The maximum absolute atomic E-state index is 12.0. The molecular weight excluding hydrogens is 376 g/mol. The van der Waals surface area contributed by atoms with Gasteiger partial charge in [0.15, 0.2) is 0 Å².